The van der Waals surface area contributed by atoms with Crippen LogP contribution in [0.4, 0.5) is 0 Å². The van der Waals surface area contributed by atoms with E-state index >= 15 is 0 Å². The summed E-state index contributed by atoms with van der Waals surface area (Å²) in [5.41, 5.74) is 14.9. The van der Waals surface area contributed by atoms with Gasteiger partial charge in [-0.05, 0) is 373 Å². The van der Waals surface area contributed by atoms with Crippen LogP contribution < -0.4 is 0 Å². The van der Waals surface area contributed by atoms with Crippen LogP contribution in [0.1, 0.15) is 448 Å². The molecule has 0 N–H and O–H groups in total. The molecule has 15 rings (SSSR count). The monoisotopic (exact) mass is 1510 g/mol. The second-order valence-electron chi connectivity index (χ2n) is 40.6. The van der Waals surface area contributed by atoms with Crippen molar-refractivity contribution in [1.82, 2.24) is 0 Å². The highest BCUT2D eigenvalue weighted by Gasteiger charge is 2.37. The van der Waals surface area contributed by atoms with Gasteiger partial charge < -0.3 is 0 Å². The molecule has 10 aliphatic rings. The average molecular weight is 1510 g/mol. The van der Waals surface area contributed by atoms with Crippen LogP contribution in [0.5, 0.6) is 0 Å². The van der Waals surface area contributed by atoms with E-state index in [0.29, 0.717) is 0 Å². The molecule has 0 saturated heterocycles. The molecule has 5 aromatic carbocycles. The molecule has 0 heterocycles. The van der Waals surface area contributed by atoms with Gasteiger partial charge in [0.05, 0.1) is 0 Å². The van der Waals surface area contributed by atoms with Gasteiger partial charge in [-0.3, -0.25) is 0 Å². The zero-order valence-electron chi connectivity index (χ0n) is 73.4. The number of aryl methyl sites for hydroxylation is 5. The van der Waals surface area contributed by atoms with Gasteiger partial charge in [0.2, 0.25) is 0 Å². The Kier molecular flexibility index (Phi) is 38.8. The molecular formula is C111H174. The summed E-state index contributed by atoms with van der Waals surface area (Å²) in [6, 6.07) is 46.6. The maximum Gasteiger partial charge on any atom is -0.0162 e. The number of hydrogen-bond donors (Lipinski definition) is 0. The van der Waals surface area contributed by atoms with Crippen LogP contribution in [0.25, 0.3) is 0 Å². The Morgan fingerprint density at radius 1 is 0.198 bits per heavy atom. The van der Waals surface area contributed by atoms with Crippen molar-refractivity contribution in [2.45, 2.75) is 427 Å². The maximum atomic E-state index is 2.44. The first kappa shape index (κ1) is 89.4. The molecule has 111 heavy (non-hydrogen) atoms. The smallest absolute Gasteiger partial charge is 0.0162 e. The van der Waals surface area contributed by atoms with Gasteiger partial charge in [0.15, 0.2) is 0 Å². The Morgan fingerprint density at radius 3 is 0.595 bits per heavy atom. The van der Waals surface area contributed by atoms with Crippen molar-refractivity contribution in [3.05, 3.63) is 177 Å². The van der Waals surface area contributed by atoms with Gasteiger partial charge in [-0.1, -0.05) is 320 Å². The van der Waals surface area contributed by atoms with Crippen LogP contribution in [-0.4, -0.2) is 0 Å². The van der Waals surface area contributed by atoms with E-state index in [1.54, 1.807) is 27.8 Å². The minimum Gasteiger partial charge on any atom is -0.0776 e. The first-order valence-electron chi connectivity index (χ1n) is 49.1. The van der Waals surface area contributed by atoms with Crippen molar-refractivity contribution >= 4 is 0 Å². The predicted octanol–water partition coefficient (Wildman–Crippen LogP) is 35.0. The van der Waals surface area contributed by atoms with Crippen molar-refractivity contribution in [1.29, 1.82) is 0 Å². The van der Waals surface area contributed by atoms with Crippen LogP contribution in [0.2, 0.25) is 0 Å². The Balaban J connectivity index is 0.000000147. The molecule has 0 heteroatoms. The molecule has 0 amide bonds. The summed E-state index contributed by atoms with van der Waals surface area (Å²) in [6.07, 6.45) is 74.1. The zero-order valence-corrected chi connectivity index (χ0v) is 73.4. The SMILES string of the molecule is C.CCC1CCC(C2CCC(c3ccc(C)cc3)CC2)CC1.CCCC1CCC(C2CCC(c3ccc(C)cc3)CC2)CC1.CCCCC1CCC(C2CCC(c3ccc(C)cc3)CC2)CC1.CCCCCC1CCC(C2CCC(c3ccc(C)cc3)CC2)CC1.Cc1ccc(C2CCC(C3CCC(C)CC3)CC2)cc1. The predicted molar refractivity (Wildman–Crippen MR) is 488 cm³/mol. The second-order valence-corrected chi connectivity index (χ2v) is 40.6. The summed E-state index contributed by atoms with van der Waals surface area (Å²) in [5, 5.41) is 0. The molecule has 0 aromatic heterocycles. The topological polar surface area (TPSA) is 0 Å². The van der Waals surface area contributed by atoms with Gasteiger partial charge >= 0.3 is 0 Å². The summed E-state index contributed by atoms with van der Waals surface area (Å²) in [4.78, 5) is 0. The minimum absolute atomic E-state index is 0. The molecule has 0 nitrogen and oxygen atoms in total. The fraction of sp³-hybridized carbons (Fsp3) is 0.730. The number of benzene rings is 5. The molecule has 0 atom stereocenters. The maximum absolute atomic E-state index is 2.44. The van der Waals surface area contributed by atoms with Crippen LogP contribution in [0.3, 0.4) is 0 Å². The van der Waals surface area contributed by atoms with Gasteiger partial charge in [0.25, 0.3) is 0 Å². The normalized spacial score (nSPS) is 32.5. The average Bonchev–Trinajstić information content (AvgIpc) is 0.860. The van der Waals surface area contributed by atoms with Crippen molar-refractivity contribution in [3.8, 4) is 0 Å². The molecule has 10 fully saturated rings. The van der Waals surface area contributed by atoms with E-state index in [2.05, 4.69) is 191 Å². The first-order valence-corrected chi connectivity index (χ1v) is 49.1. The molecule has 10 aliphatic carbocycles. The van der Waals surface area contributed by atoms with Crippen LogP contribution >= 0.6 is 0 Å². The lowest BCUT2D eigenvalue weighted by atomic mass is 9.68. The van der Waals surface area contributed by atoms with Crippen molar-refractivity contribution in [2.75, 3.05) is 0 Å². The van der Waals surface area contributed by atoms with Crippen molar-refractivity contribution < 1.29 is 0 Å². The highest BCUT2D eigenvalue weighted by molar-refractivity contribution is 5.29. The van der Waals surface area contributed by atoms with Gasteiger partial charge in [-0.2, -0.15) is 0 Å². The third-order valence-electron chi connectivity index (χ3n) is 33.0. The Morgan fingerprint density at radius 2 is 0.387 bits per heavy atom. The molecule has 10 saturated carbocycles. The number of rotatable bonds is 20. The Labute approximate surface area is 688 Å². The lowest BCUT2D eigenvalue weighted by Gasteiger charge is -2.38. The van der Waals surface area contributed by atoms with E-state index in [-0.39, 0.29) is 7.43 Å². The fourth-order valence-electron chi connectivity index (χ4n) is 25.1. The second kappa shape index (κ2) is 48.1. The van der Waals surface area contributed by atoms with Gasteiger partial charge in [-0.25, -0.2) is 0 Å². The number of hydrogen-bond acceptors (Lipinski definition) is 0. The first-order chi connectivity index (χ1) is 53.8. The standard InChI is InChI=1S/C24H38.C23H36.C22H34.C21H32.C20H30.CH4/c1-3-4-5-6-20-9-13-22(14-10-20)24-17-15-23(16-18-24)21-11-7-19(2)8-12-21;1-3-4-5-19-8-12-21(13-9-19)23-16-14-22(15-17-23)20-10-6-18(2)7-11-20;1-3-4-18-7-11-20(12-8-18)22-15-13-21(14-16-22)19-9-5-17(2)6-10-19;1-3-17-6-10-19(11-7-17)21-14-12-20(13-15-21)18-8-4-16(2)5-9-18;1-15-3-7-17(8-4-15)19-11-13-20(14-12-19)18-9-5-16(2)6-10-18;/h7-8,11-12,20,22-24H,3-6,9-10,13-18H2,1-2H3;6-7,10-11,19,21-23H,3-5,8-9,12-17H2,1-2H3;5-6,9-10,18,20-22H,3-4,7-8,11-16H2,1-2H3;4-5,8-9,17,19-21H,3,6-7,10-15H2,1-2H3;3-4,7-8,16,18-20H,5-6,9-14H2,1-2H3;1H4. The fourth-order valence-corrected chi connectivity index (χ4v) is 25.1. The minimum atomic E-state index is 0. The summed E-state index contributed by atoms with van der Waals surface area (Å²) in [5.74, 6) is 20.0. The summed E-state index contributed by atoms with van der Waals surface area (Å²) in [6.45, 7) is 22.8. The van der Waals surface area contributed by atoms with Crippen LogP contribution in [0.15, 0.2) is 121 Å². The highest BCUT2D eigenvalue weighted by atomic mass is 14.4. The lowest BCUT2D eigenvalue weighted by molar-refractivity contribution is 0.155. The Bertz CT molecular complexity index is 3150. The third-order valence-corrected chi connectivity index (χ3v) is 33.0. The molecular weight excluding hydrogens is 1330 g/mol. The summed E-state index contributed by atoms with van der Waals surface area (Å²) in [7, 11) is 0. The van der Waals surface area contributed by atoms with Gasteiger partial charge in [-0.15, -0.1) is 0 Å². The number of unbranched alkanes of at least 4 members (excludes halogenated alkanes) is 3. The van der Waals surface area contributed by atoms with Crippen LogP contribution in [0, 0.1) is 123 Å². The summed E-state index contributed by atoms with van der Waals surface area (Å²) >= 11 is 0. The highest BCUT2D eigenvalue weighted by Crippen LogP contribution is 2.51. The van der Waals surface area contributed by atoms with E-state index in [4.69, 9.17) is 0 Å². The van der Waals surface area contributed by atoms with E-state index < -0.39 is 0 Å². The zero-order chi connectivity index (χ0) is 76.8. The lowest BCUT2D eigenvalue weighted by Crippen LogP contribution is -2.25. The molecule has 0 unspecified atom stereocenters. The quantitative estimate of drug-likeness (QED) is 0.0682. The van der Waals surface area contributed by atoms with E-state index in [0.717, 1.165) is 118 Å². The van der Waals surface area contributed by atoms with E-state index in [1.165, 1.54) is 349 Å². The van der Waals surface area contributed by atoms with Gasteiger partial charge in [0, 0.05) is 0 Å². The molecule has 618 valence electrons. The van der Waals surface area contributed by atoms with Crippen LogP contribution in [-0.2, 0) is 0 Å². The molecule has 0 aliphatic heterocycles. The molecule has 0 radical (unpaired) electrons. The van der Waals surface area contributed by atoms with Gasteiger partial charge in [0.1, 0.15) is 0 Å². The van der Waals surface area contributed by atoms with Crippen molar-refractivity contribution in [2.24, 2.45) is 88.8 Å². The molecule has 0 bridgehead atoms. The molecule has 5 aromatic rings. The van der Waals surface area contributed by atoms with E-state index in [9.17, 15) is 0 Å². The largest absolute Gasteiger partial charge is 0.0776 e. The van der Waals surface area contributed by atoms with E-state index in [1.807, 2.05) is 0 Å². The van der Waals surface area contributed by atoms with Crippen molar-refractivity contribution in [3.63, 3.8) is 0 Å². The Hall–Kier alpha value is -3.90. The molecule has 0 spiro atoms. The summed E-state index contributed by atoms with van der Waals surface area (Å²) < 4.78 is 0. The third kappa shape index (κ3) is 28.7.